The molecule has 6 nitrogen and oxygen atoms in total. The molecule has 0 amide bonds. The lowest BCUT2D eigenvalue weighted by molar-refractivity contribution is -0.265. The van der Waals surface area contributed by atoms with Gasteiger partial charge in [0.25, 0.3) is 0 Å². The number of aliphatic hydroxyl groups excluding tert-OH is 1. The van der Waals surface area contributed by atoms with Gasteiger partial charge in [0.05, 0.1) is 11.7 Å². The largest absolute Gasteiger partial charge is 0.390 e. The molecule has 6 heteroatoms. The molecular formula is C37H47NO5. The van der Waals surface area contributed by atoms with Crippen molar-refractivity contribution in [3.63, 3.8) is 0 Å². The Morgan fingerprint density at radius 3 is 2.65 bits per heavy atom. The SMILES string of the molecule is C=C1Cc2ccc3[nH]c4c(c3c2C2C1CC2C(C)(C)O)CC1CCC2(O)C35OC3C(O)C(C(=C)C)OC5CCC2(C)C41C. The first-order valence-corrected chi connectivity index (χ1v) is 16.6. The Balaban J connectivity index is 1.19. The molecule has 3 heterocycles. The summed E-state index contributed by atoms with van der Waals surface area (Å²) in [5.41, 5.74) is 5.30. The Morgan fingerprint density at radius 2 is 1.93 bits per heavy atom. The average Bonchev–Trinajstić information content (AvgIpc) is 3.48. The first-order valence-electron chi connectivity index (χ1n) is 16.6. The fourth-order valence-electron chi connectivity index (χ4n) is 12.1. The lowest BCUT2D eigenvalue weighted by Gasteiger charge is -2.66. The molecule has 7 aliphatic rings. The number of epoxide rings is 1. The third-order valence-electron chi connectivity index (χ3n) is 14.6. The molecule has 2 saturated heterocycles. The van der Waals surface area contributed by atoms with Crippen molar-refractivity contribution in [1.29, 1.82) is 0 Å². The maximum absolute atomic E-state index is 13.0. The van der Waals surface area contributed by atoms with Crippen molar-refractivity contribution in [1.82, 2.24) is 4.98 Å². The van der Waals surface area contributed by atoms with Gasteiger partial charge in [0.2, 0.25) is 0 Å². The number of hydrogen-bond donors (Lipinski definition) is 4. The van der Waals surface area contributed by atoms with Gasteiger partial charge >= 0.3 is 0 Å². The van der Waals surface area contributed by atoms with E-state index >= 15 is 0 Å². The molecule has 2 aromatic rings. The van der Waals surface area contributed by atoms with Gasteiger partial charge in [-0.25, -0.2) is 0 Å². The van der Waals surface area contributed by atoms with E-state index in [1.807, 2.05) is 20.8 Å². The standard InChI is InChI=1S/C37H47NO5/c1-17(2)30-29(39)32-37(43-32)25(42-30)11-12-34(6)35(7)20(10-13-36(34,37)41)15-22-28-24(38-31(22)35)9-8-19-14-18(3)21-16-23(33(4,5)40)27(21)26(19)28/h8-9,20-21,23,25,27,29-30,32,38-41H,1,3,10-16H2,2,4-7H3. The van der Waals surface area contributed by atoms with Crippen LogP contribution in [0.5, 0.6) is 0 Å². The van der Waals surface area contributed by atoms with Crippen molar-refractivity contribution in [2.45, 2.75) is 132 Å². The summed E-state index contributed by atoms with van der Waals surface area (Å²) < 4.78 is 13.0. The molecule has 0 bridgehead atoms. The van der Waals surface area contributed by atoms with Crippen LogP contribution < -0.4 is 0 Å². The summed E-state index contributed by atoms with van der Waals surface area (Å²) in [6, 6.07) is 4.54. The quantitative estimate of drug-likeness (QED) is 0.281. The zero-order chi connectivity index (χ0) is 30.2. The van der Waals surface area contributed by atoms with Crippen LogP contribution in [-0.4, -0.2) is 61.5 Å². The minimum atomic E-state index is -1.12. The molecule has 12 atom stereocenters. The summed E-state index contributed by atoms with van der Waals surface area (Å²) in [4.78, 5) is 3.97. The van der Waals surface area contributed by atoms with Gasteiger partial charge in [-0.05, 0) is 118 Å². The lowest BCUT2D eigenvalue weighted by Crippen LogP contribution is -2.76. The fourth-order valence-corrected chi connectivity index (χ4v) is 12.1. The molecule has 230 valence electrons. The lowest BCUT2D eigenvalue weighted by atomic mass is 9.40. The van der Waals surface area contributed by atoms with Crippen LogP contribution in [0.25, 0.3) is 10.9 Å². The molecule has 4 N–H and O–H groups in total. The van der Waals surface area contributed by atoms with Crippen LogP contribution >= 0.6 is 0 Å². The Bertz CT molecular complexity index is 1630. The van der Waals surface area contributed by atoms with Crippen LogP contribution in [0.1, 0.15) is 95.0 Å². The molecule has 12 unspecified atom stereocenters. The van der Waals surface area contributed by atoms with Crippen molar-refractivity contribution >= 4 is 10.9 Å². The van der Waals surface area contributed by atoms with E-state index in [0.717, 1.165) is 44.1 Å². The maximum Gasteiger partial charge on any atom is 0.153 e. The predicted molar refractivity (Wildman–Crippen MR) is 165 cm³/mol. The second kappa shape index (κ2) is 7.87. The van der Waals surface area contributed by atoms with Crippen molar-refractivity contribution in [2.24, 2.45) is 23.2 Å². The highest BCUT2D eigenvalue weighted by molar-refractivity contribution is 5.91. The second-order valence-corrected chi connectivity index (χ2v) is 16.6. The first kappa shape index (κ1) is 27.4. The highest BCUT2D eigenvalue weighted by Gasteiger charge is 2.86. The number of allylic oxidation sites excluding steroid dienone is 1. The van der Waals surface area contributed by atoms with E-state index < -0.39 is 40.5 Å². The van der Waals surface area contributed by atoms with E-state index in [2.05, 4.69) is 44.1 Å². The second-order valence-electron chi connectivity index (χ2n) is 16.6. The summed E-state index contributed by atoms with van der Waals surface area (Å²) >= 11 is 0. The van der Waals surface area contributed by atoms with Gasteiger partial charge in [-0.15, -0.1) is 0 Å². The van der Waals surface area contributed by atoms with Gasteiger partial charge in [-0.1, -0.05) is 38.6 Å². The molecule has 1 aromatic heterocycles. The fraction of sp³-hybridized carbons (Fsp3) is 0.676. The van der Waals surface area contributed by atoms with Crippen molar-refractivity contribution < 1.29 is 24.8 Å². The molecule has 0 radical (unpaired) electrons. The van der Waals surface area contributed by atoms with Gasteiger partial charge in [0, 0.05) is 27.4 Å². The molecule has 2 aliphatic heterocycles. The van der Waals surface area contributed by atoms with Gasteiger partial charge in [-0.2, -0.15) is 0 Å². The molecule has 5 aliphatic carbocycles. The Morgan fingerprint density at radius 1 is 1.16 bits per heavy atom. The topological polar surface area (TPSA) is 98.2 Å². The molecule has 43 heavy (non-hydrogen) atoms. The highest BCUT2D eigenvalue weighted by Crippen LogP contribution is 2.75. The molecule has 9 rings (SSSR count). The minimum absolute atomic E-state index is 0.213. The van der Waals surface area contributed by atoms with Crippen LogP contribution in [0.3, 0.4) is 0 Å². The van der Waals surface area contributed by atoms with E-state index in [0.29, 0.717) is 24.2 Å². The smallest absolute Gasteiger partial charge is 0.153 e. The van der Waals surface area contributed by atoms with Crippen molar-refractivity contribution in [3.05, 3.63) is 58.8 Å². The summed E-state index contributed by atoms with van der Waals surface area (Å²) in [6.45, 7) is 19.1. The van der Waals surface area contributed by atoms with Crippen LogP contribution in [0, 0.1) is 23.2 Å². The summed E-state index contributed by atoms with van der Waals surface area (Å²) in [5, 5.41) is 36.9. The summed E-state index contributed by atoms with van der Waals surface area (Å²) in [5.74, 6) is 1.34. The van der Waals surface area contributed by atoms with E-state index in [4.69, 9.17) is 9.47 Å². The minimum Gasteiger partial charge on any atom is -0.390 e. The molecule has 1 spiro atoms. The number of H-pyrrole nitrogens is 1. The number of aliphatic hydroxyl groups is 3. The number of aromatic amines is 1. The molecule has 3 saturated carbocycles. The molecule has 1 aromatic carbocycles. The van der Waals surface area contributed by atoms with E-state index in [-0.39, 0.29) is 17.4 Å². The van der Waals surface area contributed by atoms with Crippen molar-refractivity contribution in [3.8, 4) is 0 Å². The number of hydrogen-bond acceptors (Lipinski definition) is 5. The van der Waals surface area contributed by atoms with Gasteiger partial charge in [-0.3, -0.25) is 0 Å². The monoisotopic (exact) mass is 585 g/mol. The zero-order valence-electron chi connectivity index (χ0n) is 26.3. The number of rotatable bonds is 2. The summed E-state index contributed by atoms with van der Waals surface area (Å²) in [6.07, 6.45) is 4.13. The zero-order valence-corrected chi connectivity index (χ0v) is 26.3. The third-order valence-corrected chi connectivity index (χ3v) is 14.6. The first-order chi connectivity index (χ1) is 20.2. The van der Waals surface area contributed by atoms with Crippen LogP contribution in [-0.2, 0) is 27.7 Å². The Kier molecular flexibility index (Phi) is 5.01. The molecular weight excluding hydrogens is 538 g/mol. The van der Waals surface area contributed by atoms with Crippen molar-refractivity contribution in [2.75, 3.05) is 0 Å². The van der Waals surface area contributed by atoms with Gasteiger partial charge < -0.3 is 29.8 Å². The van der Waals surface area contributed by atoms with Gasteiger partial charge in [0.1, 0.15) is 23.9 Å². The third kappa shape index (κ3) is 2.83. The molecule has 5 fully saturated rings. The van der Waals surface area contributed by atoms with E-state index in [1.165, 1.54) is 38.9 Å². The van der Waals surface area contributed by atoms with Gasteiger partial charge in [0.15, 0.2) is 5.60 Å². The van der Waals surface area contributed by atoms with Crippen LogP contribution in [0.15, 0.2) is 36.4 Å². The maximum atomic E-state index is 13.0. The number of fused-ring (bicyclic) bond motifs is 11. The predicted octanol–water partition coefficient (Wildman–Crippen LogP) is 5.37. The van der Waals surface area contributed by atoms with Crippen LogP contribution in [0.2, 0.25) is 0 Å². The number of benzene rings is 1. The Hall–Kier alpha value is -1.96. The highest BCUT2D eigenvalue weighted by atomic mass is 16.7. The normalized spacial score (nSPS) is 49.1. The Labute approximate surface area is 254 Å². The summed E-state index contributed by atoms with van der Waals surface area (Å²) in [7, 11) is 0. The van der Waals surface area contributed by atoms with E-state index in [1.54, 1.807) is 0 Å². The number of nitrogens with one attached hydrogen (secondary N) is 1. The average molecular weight is 586 g/mol. The van der Waals surface area contributed by atoms with E-state index in [9.17, 15) is 15.3 Å². The number of ether oxygens (including phenoxy) is 2. The van der Waals surface area contributed by atoms with Crippen LogP contribution in [0.4, 0.5) is 0 Å². The number of aromatic nitrogens is 1.